The fourth-order valence-corrected chi connectivity index (χ4v) is 2.57. The van der Waals surface area contributed by atoms with Crippen LogP contribution in [0.5, 0.6) is 0 Å². The number of halogens is 2. The van der Waals surface area contributed by atoms with Crippen molar-refractivity contribution in [2.24, 2.45) is 0 Å². The second-order valence-electron chi connectivity index (χ2n) is 4.38. The first-order valence-corrected chi connectivity index (χ1v) is 7.37. The first-order valence-electron chi connectivity index (χ1n) is 5.88. The fourth-order valence-electron chi connectivity index (χ4n) is 1.59. The van der Waals surface area contributed by atoms with Gasteiger partial charge in [0, 0.05) is 5.56 Å². The van der Waals surface area contributed by atoms with Gasteiger partial charge in [0.25, 0.3) is 15.9 Å². The van der Waals surface area contributed by atoms with E-state index in [1.807, 2.05) is 0 Å². The molecular formula is C14H11F2NO3S. The van der Waals surface area contributed by atoms with Crippen molar-refractivity contribution < 1.29 is 22.0 Å². The Morgan fingerprint density at radius 3 is 2.19 bits per heavy atom. The molecule has 1 amide bonds. The summed E-state index contributed by atoms with van der Waals surface area (Å²) in [6, 6.07) is 8.23. The molecule has 110 valence electrons. The zero-order valence-corrected chi connectivity index (χ0v) is 11.7. The van der Waals surface area contributed by atoms with E-state index in [0.717, 1.165) is 17.7 Å². The minimum absolute atomic E-state index is 0.0935. The molecule has 0 radical (unpaired) electrons. The average molecular weight is 311 g/mol. The van der Waals surface area contributed by atoms with E-state index in [0.29, 0.717) is 6.07 Å². The highest BCUT2D eigenvalue weighted by molar-refractivity contribution is 7.90. The van der Waals surface area contributed by atoms with Gasteiger partial charge in [-0.1, -0.05) is 17.7 Å². The Balaban J connectivity index is 2.25. The molecule has 0 atom stereocenters. The summed E-state index contributed by atoms with van der Waals surface area (Å²) in [6.45, 7) is 1.79. The van der Waals surface area contributed by atoms with Crippen molar-refractivity contribution in [3.63, 3.8) is 0 Å². The van der Waals surface area contributed by atoms with Crippen LogP contribution in [0.3, 0.4) is 0 Å². The second kappa shape index (κ2) is 5.61. The molecule has 4 nitrogen and oxygen atoms in total. The van der Waals surface area contributed by atoms with E-state index < -0.39 is 27.6 Å². The Labute approximate surface area is 120 Å². The van der Waals surface area contributed by atoms with Crippen LogP contribution >= 0.6 is 0 Å². The summed E-state index contributed by atoms with van der Waals surface area (Å²) in [5, 5.41) is 0. The van der Waals surface area contributed by atoms with E-state index in [2.05, 4.69) is 0 Å². The molecule has 0 unspecified atom stereocenters. The Morgan fingerprint density at radius 2 is 1.62 bits per heavy atom. The molecule has 21 heavy (non-hydrogen) atoms. The van der Waals surface area contributed by atoms with E-state index >= 15 is 0 Å². The third kappa shape index (κ3) is 3.43. The van der Waals surface area contributed by atoms with Crippen molar-refractivity contribution in [2.75, 3.05) is 0 Å². The predicted molar refractivity (Wildman–Crippen MR) is 72.2 cm³/mol. The van der Waals surface area contributed by atoms with Gasteiger partial charge in [0.05, 0.1) is 4.90 Å². The number of sulfonamides is 1. The van der Waals surface area contributed by atoms with E-state index in [1.165, 1.54) is 12.1 Å². The van der Waals surface area contributed by atoms with E-state index in [4.69, 9.17) is 0 Å². The molecule has 0 aliphatic carbocycles. The van der Waals surface area contributed by atoms with Gasteiger partial charge in [-0.15, -0.1) is 0 Å². The topological polar surface area (TPSA) is 63.2 Å². The maximum atomic E-state index is 13.0. The third-order valence-electron chi connectivity index (χ3n) is 2.74. The summed E-state index contributed by atoms with van der Waals surface area (Å²) >= 11 is 0. The lowest BCUT2D eigenvalue weighted by Crippen LogP contribution is -2.30. The van der Waals surface area contributed by atoms with Gasteiger partial charge in [-0.3, -0.25) is 4.79 Å². The number of hydrogen-bond donors (Lipinski definition) is 1. The number of carbonyl (C=O) groups is 1. The number of benzene rings is 2. The van der Waals surface area contributed by atoms with Crippen molar-refractivity contribution in [2.45, 2.75) is 11.8 Å². The monoisotopic (exact) mass is 311 g/mol. The number of carbonyl (C=O) groups excluding carboxylic acids is 1. The maximum absolute atomic E-state index is 13.0. The summed E-state index contributed by atoms with van der Waals surface area (Å²) in [5.74, 6) is -3.38. The average Bonchev–Trinajstić information content (AvgIpc) is 2.41. The van der Waals surface area contributed by atoms with Gasteiger partial charge in [-0.25, -0.2) is 21.9 Å². The van der Waals surface area contributed by atoms with Crippen molar-refractivity contribution in [1.29, 1.82) is 0 Å². The Kier molecular flexibility index (Phi) is 4.04. The van der Waals surface area contributed by atoms with Crippen molar-refractivity contribution in [3.8, 4) is 0 Å². The molecule has 7 heteroatoms. The highest BCUT2D eigenvalue weighted by Crippen LogP contribution is 2.12. The maximum Gasteiger partial charge on any atom is 0.265 e. The molecule has 0 fully saturated rings. The zero-order chi connectivity index (χ0) is 15.6. The molecule has 2 aromatic rings. The standard InChI is InChI=1S/C14H11F2NO3S/c1-9-2-5-11(6-3-9)21(19,20)17-14(18)10-4-7-12(15)13(16)8-10/h2-8H,1H3,(H,17,18). The van der Waals surface area contributed by atoms with Crippen LogP contribution in [-0.4, -0.2) is 14.3 Å². The van der Waals surface area contributed by atoms with Crippen LogP contribution in [0, 0.1) is 18.6 Å². The normalized spacial score (nSPS) is 11.2. The Bertz CT molecular complexity index is 786. The molecular weight excluding hydrogens is 300 g/mol. The molecule has 0 saturated carbocycles. The molecule has 2 aromatic carbocycles. The predicted octanol–water partition coefficient (Wildman–Crippen LogP) is 2.39. The fraction of sp³-hybridized carbons (Fsp3) is 0.0714. The molecule has 0 aliphatic rings. The van der Waals surface area contributed by atoms with Gasteiger partial charge >= 0.3 is 0 Å². The molecule has 0 aromatic heterocycles. The highest BCUT2D eigenvalue weighted by Gasteiger charge is 2.19. The molecule has 0 aliphatic heterocycles. The lowest BCUT2D eigenvalue weighted by molar-refractivity contribution is 0.0981. The van der Waals surface area contributed by atoms with Gasteiger partial charge in [0.2, 0.25) is 0 Å². The summed E-state index contributed by atoms with van der Waals surface area (Å²) in [5.41, 5.74) is 0.575. The van der Waals surface area contributed by atoms with Crippen LogP contribution in [0.25, 0.3) is 0 Å². The van der Waals surface area contributed by atoms with Gasteiger partial charge in [0.1, 0.15) is 0 Å². The van der Waals surface area contributed by atoms with Crippen LogP contribution in [0.4, 0.5) is 8.78 Å². The van der Waals surface area contributed by atoms with Crippen molar-refractivity contribution >= 4 is 15.9 Å². The number of aryl methyl sites for hydroxylation is 1. The van der Waals surface area contributed by atoms with E-state index in [9.17, 15) is 22.0 Å². The summed E-state index contributed by atoms with van der Waals surface area (Å²) in [7, 11) is -4.06. The third-order valence-corrected chi connectivity index (χ3v) is 4.09. The second-order valence-corrected chi connectivity index (χ2v) is 6.06. The number of amides is 1. The van der Waals surface area contributed by atoms with Crippen LogP contribution in [0.15, 0.2) is 47.4 Å². The Morgan fingerprint density at radius 1 is 1.00 bits per heavy atom. The number of nitrogens with one attached hydrogen (secondary N) is 1. The first kappa shape index (κ1) is 15.1. The van der Waals surface area contributed by atoms with Gasteiger partial charge in [-0.05, 0) is 37.3 Å². The summed E-state index contributed by atoms with van der Waals surface area (Å²) < 4.78 is 51.6. The Hall–Kier alpha value is -2.28. The van der Waals surface area contributed by atoms with Crippen molar-refractivity contribution in [1.82, 2.24) is 4.72 Å². The van der Waals surface area contributed by atoms with Gasteiger partial charge in [0.15, 0.2) is 11.6 Å². The van der Waals surface area contributed by atoms with Gasteiger partial charge < -0.3 is 0 Å². The van der Waals surface area contributed by atoms with E-state index in [1.54, 1.807) is 23.8 Å². The minimum atomic E-state index is -4.06. The van der Waals surface area contributed by atoms with Crippen LogP contribution in [-0.2, 0) is 10.0 Å². The van der Waals surface area contributed by atoms with E-state index in [-0.39, 0.29) is 10.5 Å². The van der Waals surface area contributed by atoms with Gasteiger partial charge in [-0.2, -0.15) is 0 Å². The van der Waals surface area contributed by atoms with Crippen LogP contribution in [0.2, 0.25) is 0 Å². The molecule has 0 saturated heterocycles. The quantitative estimate of drug-likeness (QED) is 0.946. The molecule has 0 bridgehead atoms. The minimum Gasteiger partial charge on any atom is -0.268 e. The molecule has 0 spiro atoms. The smallest absolute Gasteiger partial charge is 0.265 e. The van der Waals surface area contributed by atoms with Crippen molar-refractivity contribution in [3.05, 3.63) is 65.2 Å². The SMILES string of the molecule is Cc1ccc(S(=O)(=O)NC(=O)c2ccc(F)c(F)c2)cc1. The summed E-state index contributed by atoms with van der Waals surface area (Å²) in [6.07, 6.45) is 0. The largest absolute Gasteiger partial charge is 0.268 e. The molecule has 1 N–H and O–H groups in total. The lowest BCUT2D eigenvalue weighted by Gasteiger charge is -2.07. The summed E-state index contributed by atoms with van der Waals surface area (Å²) in [4.78, 5) is 11.7. The lowest BCUT2D eigenvalue weighted by atomic mass is 10.2. The zero-order valence-electron chi connectivity index (χ0n) is 10.9. The van der Waals surface area contributed by atoms with Crippen LogP contribution < -0.4 is 4.72 Å². The first-order chi connectivity index (χ1) is 9.79. The number of hydrogen-bond acceptors (Lipinski definition) is 3. The van der Waals surface area contributed by atoms with Crippen LogP contribution in [0.1, 0.15) is 15.9 Å². The highest BCUT2D eigenvalue weighted by atomic mass is 32.2. The molecule has 2 rings (SSSR count). The molecule has 0 heterocycles. The number of rotatable bonds is 3.